The number of anilines is 3. The second kappa shape index (κ2) is 8.49. The summed E-state index contributed by atoms with van der Waals surface area (Å²) in [5.41, 5.74) is 3.34. The maximum atomic E-state index is 12.3. The molecule has 1 aliphatic carbocycles. The van der Waals surface area contributed by atoms with Crippen molar-refractivity contribution in [2.24, 2.45) is 5.92 Å². The molecule has 1 amide bonds. The van der Waals surface area contributed by atoms with Gasteiger partial charge in [0.05, 0.1) is 17.8 Å². The van der Waals surface area contributed by atoms with Crippen molar-refractivity contribution in [1.82, 2.24) is 15.0 Å². The van der Waals surface area contributed by atoms with E-state index in [4.69, 9.17) is 14.1 Å². The van der Waals surface area contributed by atoms with Gasteiger partial charge in [-0.05, 0) is 51.0 Å². The molecule has 0 bridgehead atoms. The summed E-state index contributed by atoms with van der Waals surface area (Å²) in [6.07, 6.45) is 5.69. The van der Waals surface area contributed by atoms with Crippen molar-refractivity contribution >= 4 is 45.1 Å². The summed E-state index contributed by atoms with van der Waals surface area (Å²) in [5.74, 6) is 1.80. The Balaban J connectivity index is 1.39. The van der Waals surface area contributed by atoms with Crippen molar-refractivity contribution in [1.29, 1.82) is 0 Å². The third-order valence-corrected chi connectivity index (χ3v) is 6.59. The molecule has 2 aliphatic rings. The summed E-state index contributed by atoms with van der Waals surface area (Å²) < 4.78 is 12.0. The van der Waals surface area contributed by atoms with E-state index in [9.17, 15) is 4.79 Å². The summed E-state index contributed by atoms with van der Waals surface area (Å²) in [7, 11) is 1.82. The lowest BCUT2D eigenvalue weighted by Gasteiger charge is -2.36. The molecular formula is C26H28N6O3. The molecule has 0 radical (unpaired) electrons. The maximum absolute atomic E-state index is 12.3. The smallest absolute Gasteiger partial charge is 0.229 e. The summed E-state index contributed by atoms with van der Waals surface area (Å²) in [4.78, 5) is 28.4. The predicted molar refractivity (Wildman–Crippen MR) is 136 cm³/mol. The average Bonchev–Trinajstić information content (AvgIpc) is 3.61. The molecule has 9 nitrogen and oxygen atoms in total. The molecule has 3 aromatic heterocycles. The molecule has 1 saturated carbocycles. The van der Waals surface area contributed by atoms with E-state index in [1.54, 1.807) is 12.4 Å². The van der Waals surface area contributed by atoms with Crippen molar-refractivity contribution in [2.75, 3.05) is 35.7 Å². The van der Waals surface area contributed by atoms with Gasteiger partial charge in [-0.3, -0.25) is 4.79 Å². The first-order valence-corrected chi connectivity index (χ1v) is 12.1. The van der Waals surface area contributed by atoms with Crippen LogP contribution in [0.15, 0.2) is 41.1 Å². The molecule has 4 aromatic rings. The van der Waals surface area contributed by atoms with Crippen molar-refractivity contribution in [3.05, 3.63) is 36.7 Å². The Morgan fingerprint density at radius 3 is 2.60 bits per heavy atom. The molecule has 1 saturated heterocycles. The van der Waals surface area contributed by atoms with Gasteiger partial charge in [0, 0.05) is 54.9 Å². The number of fused-ring (bicyclic) bond motifs is 2. The number of morpholine rings is 1. The number of aromatic nitrogens is 3. The van der Waals surface area contributed by atoms with Crippen LogP contribution in [0, 0.1) is 5.92 Å². The lowest BCUT2D eigenvalue weighted by atomic mass is 10.1. The highest BCUT2D eigenvalue weighted by molar-refractivity contribution is 6.03. The number of carbonyl (C=O) groups excluding carboxylic acids is 1. The first-order chi connectivity index (χ1) is 17.0. The van der Waals surface area contributed by atoms with Crippen molar-refractivity contribution in [3.63, 3.8) is 0 Å². The van der Waals surface area contributed by atoms with Crippen LogP contribution in [0.5, 0.6) is 0 Å². The number of amides is 1. The third kappa shape index (κ3) is 4.16. The van der Waals surface area contributed by atoms with E-state index in [1.165, 1.54) is 0 Å². The first-order valence-electron chi connectivity index (χ1n) is 12.1. The monoisotopic (exact) mass is 472 g/mol. The number of pyridine rings is 2. The normalized spacial score (nSPS) is 20.4. The Morgan fingerprint density at radius 2 is 1.86 bits per heavy atom. The SMILES string of the molecule is CNc1ncc(-c2nc3cc(N4C[C@@H](C)O[C@@H](C)C4)ccc3o2)c2cc(NC(=O)C3CC3)ncc12. The predicted octanol–water partition coefficient (Wildman–Crippen LogP) is 4.44. The zero-order chi connectivity index (χ0) is 24.1. The number of benzene rings is 1. The van der Waals surface area contributed by atoms with Crippen LogP contribution in [-0.4, -0.2) is 53.2 Å². The number of nitrogens with one attached hydrogen (secondary N) is 2. The topological polar surface area (TPSA) is 105 Å². The van der Waals surface area contributed by atoms with Gasteiger partial charge in [-0.15, -0.1) is 0 Å². The number of ether oxygens (including phenoxy) is 1. The summed E-state index contributed by atoms with van der Waals surface area (Å²) in [6.45, 7) is 5.86. The number of oxazole rings is 1. The molecule has 4 heterocycles. The number of hydrogen-bond acceptors (Lipinski definition) is 8. The van der Waals surface area contributed by atoms with E-state index in [0.29, 0.717) is 23.1 Å². The maximum Gasteiger partial charge on any atom is 0.229 e. The zero-order valence-corrected chi connectivity index (χ0v) is 20.0. The largest absolute Gasteiger partial charge is 0.436 e. The molecule has 6 rings (SSSR count). The molecule has 35 heavy (non-hydrogen) atoms. The Bertz CT molecular complexity index is 1420. The second-order valence-electron chi connectivity index (χ2n) is 9.48. The molecule has 0 unspecified atom stereocenters. The van der Waals surface area contributed by atoms with Crippen LogP contribution in [0.1, 0.15) is 26.7 Å². The fourth-order valence-electron chi connectivity index (χ4n) is 4.76. The van der Waals surface area contributed by atoms with Crippen LogP contribution in [0.4, 0.5) is 17.3 Å². The fraction of sp³-hybridized carbons (Fsp3) is 0.385. The molecule has 9 heteroatoms. The van der Waals surface area contributed by atoms with Crippen LogP contribution >= 0.6 is 0 Å². The Morgan fingerprint density at radius 1 is 1.06 bits per heavy atom. The first kappa shape index (κ1) is 21.8. The van der Waals surface area contributed by atoms with Crippen LogP contribution in [0.25, 0.3) is 33.3 Å². The van der Waals surface area contributed by atoms with Crippen molar-refractivity contribution < 1.29 is 13.9 Å². The number of carbonyl (C=O) groups is 1. The van der Waals surface area contributed by atoms with Crippen LogP contribution in [0.3, 0.4) is 0 Å². The third-order valence-electron chi connectivity index (χ3n) is 6.59. The molecule has 2 N–H and O–H groups in total. The fourth-order valence-corrected chi connectivity index (χ4v) is 4.76. The van der Waals surface area contributed by atoms with Gasteiger partial charge in [-0.2, -0.15) is 0 Å². The van der Waals surface area contributed by atoms with Gasteiger partial charge in [-0.1, -0.05) is 0 Å². The van der Waals surface area contributed by atoms with Gasteiger partial charge in [0.25, 0.3) is 0 Å². The van der Waals surface area contributed by atoms with Crippen molar-refractivity contribution in [2.45, 2.75) is 38.9 Å². The lowest BCUT2D eigenvalue weighted by Crippen LogP contribution is -2.45. The van der Waals surface area contributed by atoms with Gasteiger partial charge in [-0.25, -0.2) is 15.0 Å². The van der Waals surface area contributed by atoms with Gasteiger partial charge >= 0.3 is 0 Å². The lowest BCUT2D eigenvalue weighted by molar-refractivity contribution is -0.117. The molecular weight excluding hydrogens is 444 g/mol. The van der Waals surface area contributed by atoms with Gasteiger partial charge < -0.3 is 24.7 Å². The minimum atomic E-state index is 0.0161. The van der Waals surface area contributed by atoms with Crippen LogP contribution in [-0.2, 0) is 9.53 Å². The Kier molecular flexibility index (Phi) is 5.29. The second-order valence-corrected chi connectivity index (χ2v) is 9.48. The molecule has 1 aliphatic heterocycles. The molecule has 1 aromatic carbocycles. The standard InChI is InChI=1S/C26H28N6O3/c1-14-12-32(13-15(2)34-14)17-6-7-22-21(8-17)30-26(35-22)20-11-29-24(27-3)19-10-28-23(9-18(19)20)31-25(33)16-4-5-16/h6-11,14-16H,4-5,12-13H2,1-3H3,(H,27,29)(H,28,31,33)/t14-,15+. The highest BCUT2D eigenvalue weighted by Crippen LogP contribution is 2.35. The number of nitrogens with zero attached hydrogens (tertiary/aromatic N) is 4. The van der Waals surface area contributed by atoms with E-state index in [0.717, 1.165) is 53.5 Å². The minimum Gasteiger partial charge on any atom is -0.436 e. The highest BCUT2D eigenvalue weighted by Gasteiger charge is 2.30. The quantitative estimate of drug-likeness (QED) is 0.439. The Labute approximate surface area is 202 Å². The zero-order valence-electron chi connectivity index (χ0n) is 20.0. The van der Waals surface area contributed by atoms with Crippen molar-refractivity contribution in [3.8, 4) is 11.5 Å². The van der Waals surface area contributed by atoms with Gasteiger partial charge in [0.15, 0.2) is 5.58 Å². The van der Waals surface area contributed by atoms with E-state index >= 15 is 0 Å². The van der Waals surface area contributed by atoms with E-state index < -0.39 is 0 Å². The van der Waals surface area contributed by atoms with Crippen LogP contribution in [0.2, 0.25) is 0 Å². The van der Waals surface area contributed by atoms with E-state index in [2.05, 4.69) is 51.5 Å². The summed E-state index contributed by atoms with van der Waals surface area (Å²) in [6, 6.07) is 7.96. The minimum absolute atomic E-state index is 0.0161. The molecule has 2 atom stereocenters. The van der Waals surface area contributed by atoms with E-state index in [1.807, 2.05) is 19.2 Å². The van der Waals surface area contributed by atoms with E-state index in [-0.39, 0.29) is 24.0 Å². The molecule has 2 fully saturated rings. The van der Waals surface area contributed by atoms with Gasteiger partial charge in [0.2, 0.25) is 11.8 Å². The molecule has 0 spiro atoms. The molecule has 180 valence electrons. The number of hydrogen-bond donors (Lipinski definition) is 2. The highest BCUT2D eigenvalue weighted by atomic mass is 16.5. The summed E-state index contributed by atoms with van der Waals surface area (Å²) >= 11 is 0. The summed E-state index contributed by atoms with van der Waals surface area (Å²) in [5, 5.41) is 7.72. The average molecular weight is 473 g/mol. The Hall–Kier alpha value is -3.72. The van der Waals surface area contributed by atoms with Crippen LogP contribution < -0.4 is 15.5 Å². The number of rotatable bonds is 5. The van der Waals surface area contributed by atoms with Gasteiger partial charge in [0.1, 0.15) is 17.2 Å².